The van der Waals surface area contributed by atoms with Gasteiger partial charge in [-0.05, 0) is 19.1 Å². The minimum Gasteiger partial charge on any atom is -0.443 e. The number of aromatic nitrogens is 1. The molecule has 1 N–H and O–H groups in total. The fourth-order valence-corrected chi connectivity index (χ4v) is 1.46. The van der Waals surface area contributed by atoms with Gasteiger partial charge in [0.25, 0.3) is 5.91 Å². The van der Waals surface area contributed by atoms with Gasteiger partial charge in [0.05, 0.1) is 0 Å². The summed E-state index contributed by atoms with van der Waals surface area (Å²) in [5.41, 5.74) is 2.01. The quantitative estimate of drug-likeness (QED) is 0.825. The first-order valence-electron chi connectivity index (χ1n) is 4.88. The van der Waals surface area contributed by atoms with E-state index in [1.54, 1.807) is 25.2 Å². The van der Waals surface area contributed by atoms with Crippen molar-refractivity contribution in [2.24, 2.45) is 0 Å². The Bertz CT molecular complexity index is 519. The minimum atomic E-state index is -1.02. The van der Waals surface area contributed by atoms with Crippen molar-refractivity contribution in [3.63, 3.8) is 0 Å². The van der Waals surface area contributed by atoms with Crippen molar-refractivity contribution >= 4 is 22.7 Å². The van der Waals surface area contributed by atoms with E-state index < -0.39 is 6.10 Å². The highest BCUT2D eigenvalue weighted by atomic mass is 16.3. The molecule has 84 valence electrons. The summed E-state index contributed by atoms with van der Waals surface area (Å²) in [5, 5.41) is 9.20. The number of rotatable bonds is 2. The van der Waals surface area contributed by atoms with Gasteiger partial charge in [0.1, 0.15) is 11.6 Å². The summed E-state index contributed by atoms with van der Waals surface area (Å²) in [6, 6.07) is 5.23. The summed E-state index contributed by atoms with van der Waals surface area (Å²) < 4.78 is 5.14. The van der Waals surface area contributed by atoms with E-state index in [1.807, 2.05) is 0 Å². The van der Waals surface area contributed by atoms with Crippen LogP contribution in [0.25, 0.3) is 11.1 Å². The molecule has 0 saturated carbocycles. The lowest BCUT2D eigenvalue weighted by Gasteiger charge is -2.18. The third kappa shape index (κ3) is 1.77. The number of fused-ring (bicyclic) bond motifs is 1. The van der Waals surface area contributed by atoms with E-state index >= 15 is 0 Å². The van der Waals surface area contributed by atoms with Crippen LogP contribution in [0.2, 0.25) is 0 Å². The molecule has 0 spiro atoms. The van der Waals surface area contributed by atoms with E-state index in [9.17, 15) is 9.90 Å². The Morgan fingerprint density at radius 2 is 2.31 bits per heavy atom. The summed E-state index contributed by atoms with van der Waals surface area (Å²) in [5.74, 6) is -0.362. The number of benzene rings is 1. The standard InChI is InChI=1S/C11H12N2O3/c1-7(14)11(15)13(2)8-3-4-9-10(5-8)16-6-12-9/h3-7,14H,1-2H3. The normalized spacial score (nSPS) is 12.7. The Kier molecular flexibility index (Phi) is 2.62. The molecule has 0 aliphatic rings. The van der Waals surface area contributed by atoms with Crippen molar-refractivity contribution in [1.82, 2.24) is 4.98 Å². The van der Waals surface area contributed by atoms with Gasteiger partial charge in [-0.3, -0.25) is 4.79 Å². The molecule has 5 nitrogen and oxygen atoms in total. The summed E-state index contributed by atoms with van der Waals surface area (Å²) in [4.78, 5) is 16.9. The monoisotopic (exact) mass is 220 g/mol. The average molecular weight is 220 g/mol. The third-order valence-corrected chi connectivity index (χ3v) is 2.39. The van der Waals surface area contributed by atoms with Crippen LogP contribution >= 0.6 is 0 Å². The SMILES string of the molecule is CC(O)C(=O)N(C)c1ccc2ncoc2c1. The topological polar surface area (TPSA) is 66.6 Å². The zero-order chi connectivity index (χ0) is 11.7. The molecule has 2 rings (SSSR count). The van der Waals surface area contributed by atoms with Gasteiger partial charge < -0.3 is 14.4 Å². The maximum atomic E-state index is 11.5. The van der Waals surface area contributed by atoms with Gasteiger partial charge in [0, 0.05) is 18.8 Å². The van der Waals surface area contributed by atoms with Gasteiger partial charge >= 0.3 is 0 Å². The van der Waals surface area contributed by atoms with E-state index in [-0.39, 0.29) is 5.91 Å². The van der Waals surface area contributed by atoms with Gasteiger partial charge in [0.15, 0.2) is 12.0 Å². The molecule has 0 aliphatic carbocycles. The maximum Gasteiger partial charge on any atom is 0.255 e. The molecule has 2 aromatic rings. The summed E-state index contributed by atoms with van der Waals surface area (Å²) >= 11 is 0. The molecule has 0 radical (unpaired) electrons. The van der Waals surface area contributed by atoms with E-state index in [0.29, 0.717) is 11.3 Å². The molecule has 1 heterocycles. The first-order chi connectivity index (χ1) is 7.59. The van der Waals surface area contributed by atoms with Crippen LogP contribution in [0.4, 0.5) is 5.69 Å². The predicted octanol–water partition coefficient (Wildman–Crippen LogP) is 1.17. The number of hydrogen-bond donors (Lipinski definition) is 1. The zero-order valence-corrected chi connectivity index (χ0v) is 9.04. The van der Waals surface area contributed by atoms with E-state index in [2.05, 4.69) is 4.98 Å². The molecule has 0 aliphatic heterocycles. The fourth-order valence-electron chi connectivity index (χ4n) is 1.46. The number of hydrogen-bond acceptors (Lipinski definition) is 4. The van der Waals surface area contributed by atoms with Gasteiger partial charge in [-0.2, -0.15) is 0 Å². The molecule has 1 amide bonds. The predicted molar refractivity (Wildman–Crippen MR) is 59.1 cm³/mol. The lowest BCUT2D eigenvalue weighted by Crippen LogP contribution is -2.34. The number of anilines is 1. The molecule has 0 bridgehead atoms. The molecule has 0 saturated heterocycles. The summed E-state index contributed by atoms with van der Waals surface area (Å²) in [6.45, 7) is 1.44. The van der Waals surface area contributed by atoms with E-state index in [1.165, 1.54) is 18.2 Å². The fraction of sp³-hybridized carbons (Fsp3) is 0.273. The molecule has 1 aromatic heterocycles. The summed E-state index contributed by atoms with van der Waals surface area (Å²) in [7, 11) is 1.60. The molecular weight excluding hydrogens is 208 g/mol. The number of oxazole rings is 1. The van der Waals surface area contributed by atoms with Gasteiger partial charge in [-0.15, -0.1) is 0 Å². The Morgan fingerprint density at radius 1 is 1.56 bits per heavy atom. The van der Waals surface area contributed by atoms with Crippen molar-refractivity contribution in [3.8, 4) is 0 Å². The third-order valence-electron chi connectivity index (χ3n) is 2.39. The highest BCUT2D eigenvalue weighted by molar-refractivity contribution is 5.96. The molecule has 0 fully saturated rings. The van der Waals surface area contributed by atoms with Gasteiger partial charge in [-0.25, -0.2) is 4.98 Å². The van der Waals surface area contributed by atoms with Crippen LogP contribution in [0.3, 0.4) is 0 Å². The minimum absolute atomic E-state index is 0.362. The number of aliphatic hydroxyl groups excluding tert-OH is 1. The van der Waals surface area contributed by atoms with E-state index in [4.69, 9.17) is 4.42 Å². The highest BCUT2D eigenvalue weighted by Crippen LogP contribution is 2.20. The van der Waals surface area contributed by atoms with Crippen molar-refractivity contribution in [2.45, 2.75) is 13.0 Å². The molecule has 1 atom stereocenters. The maximum absolute atomic E-state index is 11.5. The molecule has 1 unspecified atom stereocenters. The number of likely N-dealkylation sites (N-methyl/N-ethyl adjacent to an activating group) is 1. The molecular formula is C11H12N2O3. The second-order valence-corrected chi connectivity index (χ2v) is 3.58. The number of amides is 1. The second-order valence-electron chi connectivity index (χ2n) is 3.58. The number of nitrogens with zero attached hydrogens (tertiary/aromatic N) is 2. The molecule has 16 heavy (non-hydrogen) atoms. The van der Waals surface area contributed by atoms with Gasteiger partial charge in [0.2, 0.25) is 0 Å². The Morgan fingerprint density at radius 3 is 3.00 bits per heavy atom. The lowest BCUT2D eigenvalue weighted by atomic mass is 10.2. The number of aliphatic hydroxyl groups is 1. The highest BCUT2D eigenvalue weighted by Gasteiger charge is 2.16. The molecule has 5 heteroatoms. The first-order valence-corrected chi connectivity index (χ1v) is 4.88. The van der Waals surface area contributed by atoms with Crippen LogP contribution < -0.4 is 4.90 Å². The molecule has 1 aromatic carbocycles. The summed E-state index contributed by atoms with van der Waals surface area (Å²) in [6.07, 6.45) is 0.334. The van der Waals surface area contributed by atoms with Crippen LogP contribution in [0.15, 0.2) is 29.0 Å². The zero-order valence-electron chi connectivity index (χ0n) is 9.04. The average Bonchev–Trinajstić information content (AvgIpc) is 2.73. The largest absolute Gasteiger partial charge is 0.443 e. The van der Waals surface area contributed by atoms with Gasteiger partial charge in [-0.1, -0.05) is 0 Å². The van der Waals surface area contributed by atoms with Crippen molar-refractivity contribution in [3.05, 3.63) is 24.6 Å². The van der Waals surface area contributed by atoms with Crippen LogP contribution in [0.5, 0.6) is 0 Å². The van der Waals surface area contributed by atoms with Crippen LogP contribution in [0.1, 0.15) is 6.92 Å². The van der Waals surface area contributed by atoms with Crippen molar-refractivity contribution in [2.75, 3.05) is 11.9 Å². The Hall–Kier alpha value is -1.88. The first kappa shape index (κ1) is 10.6. The number of carbonyl (C=O) groups is 1. The van der Waals surface area contributed by atoms with Crippen molar-refractivity contribution in [1.29, 1.82) is 0 Å². The Balaban J connectivity index is 2.35. The lowest BCUT2D eigenvalue weighted by molar-refractivity contribution is -0.125. The van der Waals surface area contributed by atoms with Crippen molar-refractivity contribution < 1.29 is 14.3 Å². The Labute approximate surface area is 92.3 Å². The van der Waals surface area contributed by atoms with Crippen LogP contribution in [-0.2, 0) is 4.79 Å². The van der Waals surface area contributed by atoms with Crippen LogP contribution in [-0.4, -0.2) is 29.1 Å². The van der Waals surface area contributed by atoms with Crippen LogP contribution in [0, 0.1) is 0 Å². The smallest absolute Gasteiger partial charge is 0.255 e. The van der Waals surface area contributed by atoms with E-state index in [0.717, 1.165) is 5.52 Å². The second kappa shape index (κ2) is 3.94. The number of carbonyl (C=O) groups excluding carboxylic acids is 1.